The van der Waals surface area contributed by atoms with Gasteiger partial charge in [0.05, 0.1) is 48.0 Å². The maximum absolute atomic E-state index is 12.9. The normalized spacial score (nSPS) is 12.1. The molecule has 1 atom stereocenters. The molecule has 1 amide bonds. The number of amides is 1. The highest BCUT2D eigenvalue weighted by atomic mass is 16.5. The zero-order chi connectivity index (χ0) is 27.6. The third-order valence-electron chi connectivity index (χ3n) is 6.98. The topological polar surface area (TPSA) is 112 Å². The summed E-state index contributed by atoms with van der Waals surface area (Å²) in [7, 11) is 3.56. The molecule has 3 heterocycles. The maximum Gasteiger partial charge on any atom is 0.251 e. The number of aromatic nitrogens is 6. The number of imidazole rings is 3. The Labute approximate surface area is 230 Å². The molecule has 0 saturated carbocycles. The molecule has 10 nitrogen and oxygen atoms in total. The van der Waals surface area contributed by atoms with Gasteiger partial charge in [0.1, 0.15) is 18.3 Å². The van der Waals surface area contributed by atoms with Crippen molar-refractivity contribution in [3.05, 3.63) is 96.6 Å². The Morgan fingerprint density at radius 2 is 1.88 bits per heavy atom. The summed E-state index contributed by atoms with van der Waals surface area (Å²) < 4.78 is 15.0. The highest BCUT2D eigenvalue weighted by Gasteiger charge is 2.20. The largest absolute Gasteiger partial charge is 0.493 e. The molecule has 0 radical (unpaired) electrons. The highest BCUT2D eigenvalue weighted by Crippen LogP contribution is 2.28. The number of nitrogens with one attached hydrogen (secondary N) is 2. The minimum Gasteiger partial charge on any atom is -0.493 e. The molecule has 10 heteroatoms. The number of nitrogens with zero attached hydrogens (tertiary/aromatic N) is 5. The van der Waals surface area contributed by atoms with Gasteiger partial charge >= 0.3 is 0 Å². The van der Waals surface area contributed by atoms with Crippen LogP contribution in [0.3, 0.4) is 0 Å². The van der Waals surface area contributed by atoms with Gasteiger partial charge in [-0.3, -0.25) is 4.79 Å². The lowest BCUT2D eigenvalue weighted by atomic mass is 10.1. The van der Waals surface area contributed by atoms with Gasteiger partial charge < -0.3 is 28.9 Å². The summed E-state index contributed by atoms with van der Waals surface area (Å²) in [6.07, 6.45) is 5.43. The van der Waals surface area contributed by atoms with Gasteiger partial charge in [-0.15, -0.1) is 0 Å². The van der Waals surface area contributed by atoms with E-state index in [0.717, 1.165) is 39.4 Å². The Kier molecular flexibility index (Phi) is 6.65. The van der Waals surface area contributed by atoms with Gasteiger partial charge in [0.25, 0.3) is 5.91 Å². The second kappa shape index (κ2) is 10.6. The van der Waals surface area contributed by atoms with Crippen LogP contribution in [0.25, 0.3) is 27.8 Å². The minimum absolute atomic E-state index is 0.0918. The fraction of sp³-hybridized carbons (Fsp3) is 0.200. The second-order valence-electron chi connectivity index (χ2n) is 9.50. The summed E-state index contributed by atoms with van der Waals surface area (Å²) in [5.74, 6) is 2.71. The van der Waals surface area contributed by atoms with Crippen molar-refractivity contribution in [2.24, 2.45) is 7.05 Å². The number of aromatic amines is 1. The summed E-state index contributed by atoms with van der Waals surface area (Å²) in [4.78, 5) is 30.2. The molecule has 40 heavy (non-hydrogen) atoms. The molecule has 0 aliphatic carbocycles. The molecule has 0 spiro atoms. The number of carbonyl (C=O) groups excluding carboxylic acids is 1. The van der Waals surface area contributed by atoms with Crippen molar-refractivity contribution < 1.29 is 14.3 Å². The summed E-state index contributed by atoms with van der Waals surface area (Å²) in [5.41, 5.74) is 5.09. The van der Waals surface area contributed by atoms with E-state index < -0.39 is 0 Å². The number of H-pyrrole nitrogens is 1. The van der Waals surface area contributed by atoms with E-state index in [2.05, 4.69) is 28.3 Å². The third-order valence-corrected chi connectivity index (χ3v) is 6.98. The zero-order valence-electron chi connectivity index (χ0n) is 22.5. The first-order chi connectivity index (χ1) is 19.5. The lowest BCUT2D eigenvalue weighted by Crippen LogP contribution is -2.28. The third kappa shape index (κ3) is 4.75. The lowest BCUT2D eigenvalue weighted by molar-refractivity contribution is 0.0947. The van der Waals surface area contributed by atoms with Crippen LogP contribution in [0.15, 0.2) is 79.4 Å². The van der Waals surface area contributed by atoms with E-state index in [1.54, 1.807) is 25.7 Å². The van der Waals surface area contributed by atoms with E-state index in [-0.39, 0.29) is 11.8 Å². The van der Waals surface area contributed by atoms with Crippen molar-refractivity contribution in [3.8, 4) is 17.2 Å². The van der Waals surface area contributed by atoms with Gasteiger partial charge in [-0.25, -0.2) is 15.0 Å². The molecule has 0 bridgehead atoms. The minimum atomic E-state index is -0.174. The van der Waals surface area contributed by atoms with Crippen LogP contribution in [-0.4, -0.2) is 55.2 Å². The summed E-state index contributed by atoms with van der Waals surface area (Å²) in [6.45, 7) is 2.76. The van der Waals surface area contributed by atoms with Crippen LogP contribution in [0.2, 0.25) is 0 Å². The van der Waals surface area contributed by atoms with E-state index in [4.69, 9.17) is 19.4 Å². The van der Waals surface area contributed by atoms with Gasteiger partial charge in [-0.1, -0.05) is 12.1 Å². The van der Waals surface area contributed by atoms with Gasteiger partial charge in [0, 0.05) is 30.7 Å². The van der Waals surface area contributed by atoms with Crippen LogP contribution < -0.4 is 14.8 Å². The smallest absolute Gasteiger partial charge is 0.251 e. The number of hydrogen-bond acceptors (Lipinski definition) is 6. The quantitative estimate of drug-likeness (QED) is 0.262. The Bertz CT molecular complexity index is 1800. The number of aryl methyl sites for hydroxylation is 1. The molecule has 1 unspecified atom stereocenters. The van der Waals surface area contributed by atoms with E-state index in [1.807, 2.05) is 70.9 Å². The highest BCUT2D eigenvalue weighted by molar-refractivity contribution is 5.97. The van der Waals surface area contributed by atoms with Crippen LogP contribution in [0.5, 0.6) is 11.5 Å². The Morgan fingerprint density at radius 1 is 1.05 bits per heavy atom. The number of methoxy groups -OCH3 is 1. The van der Waals surface area contributed by atoms with Crippen molar-refractivity contribution in [2.45, 2.75) is 12.8 Å². The number of rotatable bonds is 9. The Morgan fingerprint density at radius 3 is 2.67 bits per heavy atom. The van der Waals surface area contributed by atoms with Gasteiger partial charge in [-0.05, 0) is 55.5 Å². The fourth-order valence-corrected chi connectivity index (χ4v) is 4.82. The molecular weight excluding hydrogens is 506 g/mol. The first kappa shape index (κ1) is 25.2. The number of carbonyl (C=O) groups is 1. The van der Waals surface area contributed by atoms with Crippen LogP contribution in [0, 0.1) is 0 Å². The van der Waals surface area contributed by atoms with Crippen molar-refractivity contribution in [2.75, 3.05) is 20.3 Å². The number of hydrogen-bond donors (Lipinski definition) is 2. The molecule has 3 aromatic heterocycles. The van der Waals surface area contributed by atoms with E-state index in [1.165, 1.54) is 0 Å². The van der Waals surface area contributed by atoms with Gasteiger partial charge in [0.15, 0.2) is 11.5 Å². The average Bonchev–Trinajstić information content (AvgIpc) is 3.74. The number of fused-ring (bicyclic) bond motifs is 2. The molecule has 0 fully saturated rings. The van der Waals surface area contributed by atoms with Crippen molar-refractivity contribution in [3.63, 3.8) is 0 Å². The molecule has 6 aromatic rings. The molecule has 0 aliphatic rings. The van der Waals surface area contributed by atoms with E-state index >= 15 is 0 Å². The summed E-state index contributed by atoms with van der Waals surface area (Å²) in [5, 5.41) is 2.92. The standard InChI is InChI=1S/C30H29N7O3/c1-19(28-33-22-11-9-21(17-24(22)34-28)37-14-12-31-18-37)29-35-23-10-8-20(16-25(23)36(29)2)30(38)32-13-15-40-27-7-5-4-6-26(27)39-3/h4-12,14,16-19H,13,15H2,1-3H3,(H,32,38)(H,33,34). The number of benzene rings is 3. The summed E-state index contributed by atoms with van der Waals surface area (Å²) >= 11 is 0. The lowest BCUT2D eigenvalue weighted by Gasteiger charge is -2.11. The van der Waals surface area contributed by atoms with E-state index in [9.17, 15) is 4.79 Å². The zero-order valence-corrected chi connectivity index (χ0v) is 22.5. The first-order valence-corrected chi connectivity index (χ1v) is 13.0. The SMILES string of the molecule is COc1ccccc1OCCNC(=O)c1ccc2nc(C(C)c3nc4ccc(-n5ccnc5)cc4[nH]3)n(C)c2c1. The predicted octanol–water partition coefficient (Wildman–Crippen LogP) is 4.60. The molecular formula is C30H29N7O3. The Hall–Kier alpha value is -5.12. The van der Waals surface area contributed by atoms with Crippen molar-refractivity contribution in [1.29, 1.82) is 0 Å². The maximum atomic E-state index is 12.9. The van der Waals surface area contributed by atoms with Crippen LogP contribution in [0.4, 0.5) is 0 Å². The number of para-hydroxylation sites is 2. The molecule has 202 valence electrons. The van der Waals surface area contributed by atoms with Crippen LogP contribution in [-0.2, 0) is 7.05 Å². The van der Waals surface area contributed by atoms with Gasteiger partial charge in [0.2, 0.25) is 0 Å². The second-order valence-corrected chi connectivity index (χ2v) is 9.50. The molecule has 2 N–H and O–H groups in total. The molecule has 0 aliphatic heterocycles. The molecule has 3 aromatic carbocycles. The first-order valence-electron chi connectivity index (χ1n) is 13.0. The average molecular weight is 536 g/mol. The van der Waals surface area contributed by atoms with Crippen LogP contribution in [0.1, 0.15) is 34.8 Å². The molecule has 6 rings (SSSR count). The van der Waals surface area contributed by atoms with E-state index in [0.29, 0.717) is 30.2 Å². The van der Waals surface area contributed by atoms with Crippen LogP contribution >= 0.6 is 0 Å². The van der Waals surface area contributed by atoms with Gasteiger partial charge in [-0.2, -0.15) is 0 Å². The van der Waals surface area contributed by atoms with Crippen molar-refractivity contribution in [1.82, 2.24) is 34.4 Å². The number of ether oxygens (including phenoxy) is 2. The predicted molar refractivity (Wildman–Crippen MR) is 152 cm³/mol. The monoisotopic (exact) mass is 535 g/mol. The fourth-order valence-electron chi connectivity index (χ4n) is 4.82. The Balaban J connectivity index is 1.16. The van der Waals surface area contributed by atoms with Crippen molar-refractivity contribution >= 4 is 28.0 Å². The molecule has 0 saturated heterocycles. The summed E-state index contributed by atoms with van der Waals surface area (Å²) in [6, 6.07) is 19.0.